The van der Waals surface area contributed by atoms with Crippen LogP contribution in [0.4, 0.5) is 8.78 Å². The Labute approximate surface area is 134 Å². The molecule has 22 heavy (non-hydrogen) atoms. The first-order chi connectivity index (χ1) is 10.1. The molecule has 122 valence electrons. The van der Waals surface area contributed by atoms with E-state index >= 15 is 0 Å². The monoisotopic (exact) mass is 306 g/mol. The van der Waals surface area contributed by atoms with Crippen LogP contribution in [-0.4, -0.2) is 0 Å². The van der Waals surface area contributed by atoms with Crippen molar-refractivity contribution in [2.45, 2.75) is 40.5 Å². The van der Waals surface area contributed by atoms with Crippen molar-refractivity contribution in [1.29, 1.82) is 0 Å². The summed E-state index contributed by atoms with van der Waals surface area (Å²) in [6, 6.07) is 0. The maximum atomic E-state index is 13.8. The number of halogens is 2. The molecule has 0 heterocycles. The zero-order valence-electron chi connectivity index (χ0n) is 14.3. The number of rotatable bonds is 9. The van der Waals surface area contributed by atoms with Crippen LogP contribution < -0.4 is 0 Å². The van der Waals surface area contributed by atoms with Gasteiger partial charge >= 0.3 is 0 Å². The fourth-order valence-corrected chi connectivity index (χ4v) is 1.70. The molecule has 0 aromatic heterocycles. The Kier molecular flexibility index (Phi) is 8.62. The molecule has 0 fully saturated rings. The average Bonchev–Trinajstić information content (AvgIpc) is 2.46. The maximum absolute atomic E-state index is 13.8. The van der Waals surface area contributed by atoms with Gasteiger partial charge in [0.1, 0.15) is 0 Å². The Morgan fingerprint density at radius 3 is 1.91 bits per heavy atom. The summed E-state index contributed by atoms with van der Waals surface area (Å²) < 4.78 is 27.3. The minimum atomic E-state index is -1.01. The SMILES string of the molecule is C=C(/C=C\C(=C)C(C)CCC(C)C)C(=C)/C(F)=C(/F)C(=C)C. The molecule has 0 bridgehead atoms. The molecular formula is C20H28F2. The molecule has 0 aromatic carbocycles. The van der Waals surface area contributed by atoms with Gasteiger partial charge in [0.25, 0.3) is 0 Å². The van der Waals surface area contributed by atoms with Gasteiger partial charge in [-0.3, -0.25) is 0 Å². The fourth-order valence-electron chi connectivity index (χ4n) is 1.70. The summed E-state index contributed by atoms with van der Waals surface area (Å²) in [6.07, 6.45) is 5.60. The Morgan fingerprint density at radius 2 is 1.45 bits per heavy atom. The van der Waals surface area contributed by atoms with E-state index in [1.165, 1.54) is 6.92 Å². The van der Waals surface area contributed by atoms with E-state index in [9.17, 15) is 8.78 Å². The Hall–Kier alpha value is -1.70. The van der Waals surface area contributed by atoms with Crippen molar-refractivity contribution in [3.63, 3.8) is 0 Å². The molecule has 0 spiro atoms. The van der Waals surface area contributed by atoms with Crippen molar-refractivity contribution in [3.05, 3.63) is 72.4 Å². The zero-order valence-corrected chi connectivity index (χ0v) is 14.3. The molecule has 0 saturated carbocycles. The third kappa shape index (κ3) is 6.84. The Balaban J connectivity index is 4.78. The first kappa shape index (κ1) is 20.3. The molecule has 0 aromatic rings. The molecule has 0 radical (unpaired) electrons. The quantitative estimate of drug-likeness (QED) is 0.402. The lowest BCUT2D eigenvalue weighted by Gasteiger charge is -2.13. The molecule has 0 amide bonds. The molecule has 0 rings (SSSR count). The predicted octanol–water partition coefficient (Wildman–Crippen LogP) is 7.01. The van der Waals surface area contributed by atoms with Crippen LogP contribution in [0.5, 0.6) is 0 Å². The molecular weight excluding hydrogens is 278 g/mol. The lowest BCUT2D eigenvalue weighted by atomic mass is 9.93. The van der Waals surface area contributed by atoms with Crippen LogP contribution in [0.3, 0.4) is 0 Å². The van der Waals surface area contributed by atoms with E-state index in [2.05, 4.69) is 47.1 Å². The summed E-state index contributed by atoms with van der Waals surface area (Å²) in [4.78, 5) is 0. The summed E-state index contributed by atoms with van der Waals surface area (Å²) in [5.41, 5.74) is 1.23. The summed E-state index contributed by atoms with van der Waals surface area (Å²) in [5.74, 6) is -1.00. The lowest BCUT2D eigenvalue weighted by molar-refractivity contribution is 0.494. The van der Waals surface area contributed by atoms with Gasteiger partial charge in [-0.25, -0.2) is 8.78 Å². The van der Waals surface area contributed by atoms with Crippen molar-refractivity contribution in [3.8, 4) is 0 Å². The van der Waals surface area contributed by atoms with Crippen molar-refractivity contribution in [2.24, 2.45) is 11.8 Å². The molecule has 0 N–H and O–H groups in total. The molecule has 0 saturated heterocycles. The van der Waals surface area contributed by atoms with E-state index in [1.54, 1.807) is 12.2 Å². The predicted molar refractivity (Wildman–Crippen MR) is 93.9 cm³/mol. The first-order valence-electron chi connectivity index (χ1n) is 7.54. The van der Waals surface area contributed by atoms with Crippen LogP contribution in [0.1, 0.15) is 40.5 Å². The smallest absolute Gasteiger partial charge is 0.166 e. The molecule has 1 unspecified atom stereocenters. The van der Waals surface area contributed by atoms with E-state index in [4.69, 9.17) is 0 Å². The molecule has 1 atom stereocenters. The van der Waals surface area contributed by atoms with Crippen molar-refractivity contribution >= 4 is 0 Å². The van der Waals surface area contributed by atoms with Crippen LogP contribution >= 0.6 is 0 Å². The van der Waals surface area contributed by atoms with Crippen LogP contribution in [0.15, 0.2) is 72.4 Å². The summed E-state index contributed by atoms with van der Waals surface area (Å²) in [5, 5.41) is 0. The van der Waals surface area contributed by atoms with Gasteiger partial charge in [-0.1, -0.05) is 71.2 Å². The number of hydrogen-bond acceptors (Lipinski definition) is 0. The topological polar surface area (TPSA) is 0 Å². The highest BCUT2D eigenvalue weighted by molar-refractivity contribution is 5.50. The maximum Gasteiger partial charge on any atom is 0.166 e. The zero-order chi connectivity index (χ0) is 17.4. The van der Waals surface area contributed by atoms with Crippen LogP contribution in [0.2, 0.25) is 0 Å². The second-order valence-electron chi connectivity index (χ2n) is 6.19. The fraction of sp³-hybridized carbons (Fsp3) is 0.400. The first-order valence-corrected chi connectivity index (χ1v) is 7.54. The average molecular weight is 306 g/mol. The van der Waals surface area contributed by atoms with Crippen LogP contribution in [-0.2, 0) is 0 Å². The van der Waals surface area contributed by atoms with E-state index in [-0.39, 0.29) is 11.1 Å². The van der Waals surface area contributed by atoms with Gasteiger partial charge in [0.15, 0.2) is 11.7 Å². The Bertz CT molecular complexity index is 516. The molecule has 0 nitrogen and oxygen atoms in total. The van der Waals surface area contributed by atoms with Gasteiger partial charge in [-0.2, -0.15) is 0 Å². The van der Waals surface area contributed by atoms with Gasteiger partial charge in [0.05, 0.1) is 0 Å². The van der Waals surface area contributed by atoms with Gasteiger partial charge in [-0.15, -0.1) is 0 Å². The summed E-state index contributed by atoms with van der Waals surface area (Å²) in [6.45, 7) is 22.5. The standard InChI is InChI=1S/C20H28F2/c1-13(2)9-10-15(5)16(6)11-12-17(7)18(8)20(22)19(21)14(3)4/h11-13,15H,3,6-10H2,1-2,4-5H3/b12-11-,20-19-. The minimum absolute atomic E-state index is 0.0298. The van der Waals surface area contributed by atoms with Gasteiger partial charge in [0, 0.05) is 5.57 Å². The number of allylic oxidation sites excluding steroid dienone is 8. The normalized spacial score (nSPS) is 14.0. The van der Waals surface area contributed by atoms with Crippen molar-refractivity contribution in [2.75, 3.05) is 0 Å². The van der Waals surface area contributed by atoms with E-state index in [1.807, 2.05) is 0 Å². The van der Waals surface area contributed by atoms with E-state index in [0.717, 1.165) is 18.4 Å². The lowest BCUT2D eigenvalue weighted by Crippen LogP contribution is -1.99. The summed E-state index contributed by atoms with van der Waals surface area (Å²) >= 11 is 0. The number of hydrogen-bond donors (Lipinski definition) is 0. The summed E-state index contributed by atoms with van der Waals surface area (Å²) in [7, 11) is 0. The largest absolute Gasteiger partial charge is 0.203 e. The third-order valence-corrected chi connectivity index (χ3v) is 3.53. The highest BCUT2D eigenvalue weighted by Gasteiger charge is 2.12. The Morgan fingerprint density at radius 1 is 0.909 bits per heavy atom. The minimum Gasteiger partial charge on any atom is -0.203 e. The molecule has 0 aliphatic heterocycles. The van der Waals surface area contributed by atoms with Crippen molar-refractivity contribution in [1.82, 2.24) is 0 Å². The second-order valence-corrected chi connectivity index (χ2v) is 6.19. The third-order valence-electron chi connectivity index (χ3n) is 3.53. The highest BCUT2D eigenvalue weighted by Crippen LogP contribution is 2.27. The second kappa shape index (κ2) is 9.34. The van der Waals surface area contributed by atoms with E-state index < -0.39 is 11.7 Å². The van der Waals surface area contributed by atoms with E-state index in [0.29, 0.717) is 17.4 Å². The molecule has 0 aliphatic rings. The highest BCUT2D eigenvalue weighted by atomic mass is 19.2. The van der Waals surface area contributed by atoms with Crippen LogP contribution in [0.25, 0.3) is 0 Å². The van der Waals surface area contributed by atoms with Gasteiger partial charge in [0.2, 0.25) is 0 Å². The molecule has 0 aliphatic carbocycles. The van der Waals surface area contributed by atoms with Crippen LogP contribution in [0, 0.1) is 11.8 Å². The molecule has 2 heteroatoms. The van der Waals surface area contributed by atoms with Crippen molar-refractivity contribution < 1.29 is 8.78 Å². The van der Waals surface area contributed by atoms with Gasteiger partial charge < -0.3 is 0 Å². The van der Waals surface area contributed by atoms with Gasteiger partial charge in [-0.05, 0) is 36.3 Å².